The number of benzene rings is 1. The molecule has 0 aliphatic carbocycles. The average molecular weight is 268 g/mol. The van der Waals surface area contributed by atoms with E-state index in [4.69, 9.17) is 4.74 Å². The van der Waals surface area contributed by atoms with Gasteiger partial charge >= 0.3 is 0 Å². The third kappa shape index (κ3) is 2.51. The fourth-order valence-corrected chi connectivity index (χ4v) is 2.17. The molecule has 0 aliphatic heterocycles. The minimum absolute atomic E-state index is 0.380. The molecule has 0 spiro atoms. The zero-order valence-corrected chi connectivity index (χ0v) is 11.2. The van der Waals surface area contributed by atoms with E-state index in [2.05, 4.69) is 4.98 Å². The van der Waals surface area contributed by atoms with Gasteiger partial charge in [0.15, 0.2) is 0 Å². The van der Waals surface area contributed by atoms with Gasteiger partial charge in [-0.2, -0.15) is 0 Å². The van der Waals surface area contributed by atoms with Crippen molar-refractivity contribution in [3.05, 3.63) is 66.1 Å². The largest absolute Gasteiger partial charge is 0.487 e. The van der Waals surface area contributed by atoms with E-state index >= 15 is 0 Å². The number of rotatable bonds is 4. The van der Waals surface area contributed by atoms with Crippen molar-refractivity contribution in [3.8, 4) is 5.75 Å². The Bertz CT molecular complexity index is 686. The van der Waals surface area contributed by atoms with Gasteiger partial charge in [-0.3, -0.25) is 0 Å². The highest BCUT2D eigenvalue weighted by molar-refractivity contribution is 5.39. The van der Waals surface area contributed by atoms with Crippen molar-refractivity contribution in [2.45, 2.75) is 19.6 Å². The molecule has 0 bridgehead atoms. The maximum Gasteiger partial charge on any atom is 0.137 e. The summed E-state index contributed by atoms with van der Waals surface area (Å²) in [7, 11) is 0. The molecule has 2 aromatic heterocycles. The molecule has 0 fully saturated rings. The van der Waals surface area contributed by atoms with E-state index in [1.54, 1.807) is 6.92 Å². The fourth-order valence-electron chi connectivity index (χ4n) is 2.17. The molecule has 0 radical (unpaired) electrons. The minimum atomic E-state index is -0.549. The van der Waals surface area contributed by atoms with Crippen LogP contribution in [0.15, 0.2) is 54.9 Å². The van der Waals surface area contributed by atoms with Crippen LogP contribution in [0.4, 0.5) is 0 Å². The summed E-state index contributed by atoms with van der Waals surface area (Å²) in [6.45, 7) is 2.11. The number of aromatic nitrogens is 2. The average Bonchev–Trinajstić information content (AvgIpc) is 2.88. The lowest BCUT2D eigenvalue weighted by Crippen LogP contribution is -2.00. The van der Waals surface area contributed by atoms with Crippen molar-refractivity contribution in [1.29, 1.82) is 0 Å². The molecule has 0 unspecified atom stereocenters. The first kappa shape index (κ1) is 12.7. The molecule has 4 heteroatoms. The number of para-hydroxylation sites is 1. The predicted molar refractivity (Wildman–Crippen MR) is 76.6 cm³/mol. The summed E-state index contributed by atoms with van der Waals surface area (Å²) in [5.41, 5.74) is 2.54. The molecule has 1 N–H and O–H groups in total. The molecule has 20 heavy (non-hydrogen) atoms. The van der Waals surface area contributed by atoms with Crippen molar-refractivity contribution in [1.82, 2.24) is 9.38 Å². The number of fused-ring (bicyclic) bond motifs is 1. The third-order valence-electron chi connectivity index (χ3n) is 3.16. The van der Waals surface area contributed by atoms with Crippen LogP contribution in [0.5, 0.6) is 5.75 Å². The summed E-state index contributed by atoms with van der Waals surface area (Å²) >= 11 is 0. The molecule has 3 aromatic rings. The summed E-state index contributed by atoms with van der Waals surface area (Å²) < 4.78 is 7.74. The molecule has 102 valence electrons. The highest BCUT2D eigenvalue weighted by Gasteiger charge is 2.09. The van der Waals surface area contributed by atoms with Gasteiger partial charge in [0.2, 0.25) is 0 Å². The molecular weight excluding hydrogens is 252 g/mol. The second kappa shape index (κ2) is 5.35. The van der Waals surface area contributed by atoms with E-state index in [1.807, 2.05) is 59.3 Å². The van der Waals surface area contributed by atoms with Crippen LogP contribution >= 0.6 is 0 Å². The Morgan fingerprint density at radius 1 is 1.20 bits per heavy atom. The first-order valence-corrected chi connectivity index (χ1v) is 6.56. The van der Waals surface area contributed by atoms with Crippen molar-refractivity contribution in [2.75, 3.05) is 0 Å². The molecule has 3 rings (SSSR count). The number of pyridine rings is 1. The van der Waals surface area contributed by atoms with Crippen molar-refractivity contribution in [3.63, 3.8) is 0 Å². The SMILES string of the molecule is C[C@H](O)c1ccccc1OCc1cn2ccccc2n1. The topological polar surface area (TPSA) is 46.8 Å². The number of hydrogen-bond acceptors (Lipinski definition) is 3. The fraction of sp³-hybridized carbons (Fsp3) is 0.188. The van der Waals surface area contributed by atoms with Crippen LogP contribution in [0.1, 0.15) is 24.3 Å². The van der Waals surface area contributed by atoms with E-state index in [-0.39, 0.29) is 0 Å². The zero-order valence-electron chi connectivity index (χ0n) is 11.2. The second-order valence-corrected chi connectivity index (χ2v) is 4.70. The maximum atomic E-state index is 9.72. The van der Waals surface area contributed by atoms with Crippen molar-refractivity contribution >= 4 is 5.65 Å². The van der Waals surface area contributed by atoms with Gasteiger partial charge < -0.3 is 14.2 Å². The number of imidazole rings is 1. The van der Waals surface area contributed by atoms with E-state index in [0.29, 0.717) is 12.4 Å². The standard InChI is InChI=1S/C16H16N2O2/c1-12(19)14-6-2-3-7-15(14)20-11-13-10-18-9-5-4-8-16(18)17-13/h2-10,12,19H,11H2,1H3/t12-/m0/s1. The number of ether oxygens (including phenoxy) is 1. The molecule has 4 nitrogen and oxygen atoms in total. The highest BCUT2D eigenvalue weighted by Crippen LogP contribution is 2.25. The minimum Gasteiger partial charge on any atom is -0.487 e. The lowest BCUT2D eigenvalue weighted by atomic mass is 10.1. The van der Waals surface area contributed by atoms with Crippen molar-refractivity contribution in [2.24, 2.45) is 0 Å². The summed E-state index contributed by atoms with van der Waals surface area (Å²) in [4.78, 5) is 4.48. The Balaban J connectivity index is 1.79. The summed E-state index contributed by atoms with van der Waals surface area (Å²) in [5.74, 6) is 0.694. The predicted octanol–water partition coefficient (Wildman–Crippen LogP) is 2.97. The maximum absolute atomic E-state index is 9.72. The van der Waals surface area contributed by atoms with Gasteiger partial charge in [-0.1, -0.05) is 24.3 Å². The van der Waals surface area contributed by atoms with Gasteiger partial charge in [0.25, 0.3) is 0 Å². The van der Waals surface area contributed by atoms with Gasteiger partial charge in [-0.05, 0) is 25.1 Å². The van der Waals surface area contributed by atoms with Gasteiger partial charge in [0.1, 0.15) is 18.0 Å². The second-order valence-electron chi connectivity index (χ2n) is 4.70. The van der Waals surface area contributed by atoms with Crippen LogP contribution in [-0.2, 0) is 6.61 Å². The lowest BCUT2D eigenvalue weighted by molar-refractivity contribution is 0.190. The Kier molecular flexibility index (Phi) is 3.39. The Hall–Kier alpha value is -2.33. The molecule has 0 amide bonds. The molecular formula is C16H16N2O2. The van der Waals surface area contributed by atoms with Crippen LogP contribution in [0, 0.1) is 0 Å². The monoisotopic (exact) mass is 268 g/mol. The van der Waals surface area contributed by atoms with E-state index in [0.717, 1.165) is 16.9 Å². The number of nitrogens with zero attached hydrogens (tertiary/aromatic N) is 2. The first-order valence-electron chi connectivity index (χ1n) is 6.56. The smallest absolute Gasteiger partial charge is 0.137 e. The quantitative estimate of drug-likeness (QED) is 0.791. The zero-order chi connectivity index (χ0) is 13.9. The van der Waals surface area contributed by atoms with Crippen LogP contribution < -0.4 is 4.74 Å². The van der Waals surface area contributed by atoms with Crippen LogP contribution in [-0.4, -0.2) is 14.5 Å². The Morgan fingerprint density at radius 2 is 2.00 bits per heavy atom. The summed E-state index contributed by atoms with van der Waals surface area (Å²) in [5, 5.41) is 9.72. The summed E-state index contributed by atoms with van der Waals surface area (Å²) in [6.07, 6.45) is 3.35. The number of hydrogen-bond donors (Lipinski definition) is 1. The molecule has 2 heterocycles. The van der Waals surface area contributed by atoms with E-state index < -0.39 is 6.10 Å². The summed E-state index contributed by atoms with van der Waals surface area (Å²) in [6, 6.07) is 13.4. The Labute approximate surface area is 117 Å². The molecule has 1 atom stereocenters. The number of aliphatic hydroxyl groups is 1. The molecule has 0 saturated carbocycles. The van der Waals surface area contributed by atoms with Crippen LogP contribution in [0.25, 0.3) is 5.65 Å². The van der Waals surface area contributed by atoms with Gasteiger partial charge in [-0.25, -0.2) is 4.98 Å². The van der Waals surface area contributed by atoms with Gasteiger partial charge in [-0.15, -0.1) is 0 Å². The van der Waals surface area contributed by atoms with Gasteiger partial charge in [0.05, 0.1) is 11.8 Å². The van der Waals surface area contributed by atoms with Crippen molar-refractivity contribution < 1.29 is 9.84 Å². The van der Waals surface area contributed by atoms with Crippen LogP contribution in [0.3, 0.4) is 0 Å². The van der Waals surface area contributed by atoms with Crippen LogP contribution in [0.2, 0.25) is 0 Å². The van der Waals surface area contributed by atoms with Gasteiger partial charge in [0, 0.05) is 18.0 Å². The number of aliphatic hydroxyl groups excluding tert-OH is 1. The highest BCUT2D eigenvalue weighted by atomic mass is 16.5. The Morgan fingerprint density at radius 3 is 2.80 bits per heavy atom. The normalized spacial score (nSPS) is 12.5. The lowest BCUT2D eigenvalue weighted by Gasteiger charge is -2.12. The molecule has 0 aliphatic rings. The third-order valence-corrected chi connectivity index (χ3v) is 3.16. The molecule has 0 saturated heterocycles. The van der Waals surface area contributed by atoms with E-state index in [9.17, 15) is 5.11 Å². The molecule has 1 aromatic carbocycles. The first-order chi connectivity index (χ1) is 9.74. The van der Waals surface area contributed by atoms with E-state index in [1.165, 1.54) is 0 Å².